The van der Waals surface area contributed by atoms with E-state index in [0.29, 0.717) is 12.5 Å². The molecule has 2 aromatic rings. The summed E-state index contributed by atoms with van der Waals surface area (Å²) < 4.78 is 1.91. The third kappa shape index (κ3) is 3.87. The van der Waals surface area contributed by atoms with E-state index in [1.807, 2.05) is 30.8 Å². The number of nitrogens with one attached hydrogen (secondary N) is 1. The van der Waals surface area contributed by atoms with Gasteiger partial charge in [-0.2, -0.15) is 5.10 Å². The number of nitrogens with zero attached hydrogens (tertiary/aromatic N) is 3. The third-order valence-electron chi connectivity index (χ3n) is 3.91. The number of guanidine groups is 1. The second-order valence-corrected chi connectivity index (χ2v) is 5.47. The molecule has 5 heteroatoms. The highest BCUT2D eigenvalue weighted by Gasteiger charge is 2.08. The molecular weight excluding hydrogens is 274 g/mol. The Morgan fingerprint density at radius 2 is 2.14 bits per heavy atom. The highest BCUT2D eigenvalue weighted by Crippen LogP contribution is 2.13. The lowest BCUT2D eigenvalue weighted by Gasteiger charge is -2.07. The Kier molecular flexibility index (Phi) is 5.20. The highest BCUT2D eigenvalue weighted by molar-refractivity contribution is 5.92. The van der Waals surface area contributed by atoms with E-state index >= 15 is 0 Å². The maximum atomic E-state index is 5.96. The van der Waals surface area contributed by atoms with Crippen molar-refractivity contribution in [3.05, 3.63) is 46.8 Å². The maximum absolute atomic E-state index is 5.96. The summed E-state index contributed by atoms with van der Waals surface area (Å²) in [4.78, 5) is 4.41. The van der Waals surface area contributed by atoms with Crippen LogP contribution in [-0.4, -0.2) is 22.3 Å². The summed E-state index contributed by atoms with van der Waals surface area (Å²) in [5, 5.41) is 7.56. The molecule has 5 nitrogen and oxygen atoms in total. The molecular formula is C17H25N5. The Hall–Kier alpha value is -2.30. The lowest BCUT2D eigenvalue weighted by molar-refractivity contribution is 0.730. The number of aliphatic imine (C=N–C) groups is 1. The molecule has 2 rings (SSSR count). The smallest absolute Gasteiger partial charge is 0.193 e. The van der Waals surface area contributed by atoms with Crippen molar-refractivity contribution in [3.8, 4) is 0 Å². The molecule has 0 amide bonds. The molecule has 1 aromatic heterocycles. The fourth-order valence-corrected chi connectivity index (χ4v) is 2.52. The van der Waals surface area contributed by atoms with Crippen LogP contribution in [0.4, 0.5) is 5.69 Å². The second-order valence-electron chi connectivity index (χ2n) is 5.47. The van der Waals surface area contributed by atoms with Crippen molar-refractivity contribution in [2.24, 2.45) is 17.8 Å². The number of aromatic nitrogens is 2. The average Bonchev–Trinajstić information content (AvgIpc) is 2.73. The van der Waals surface area contributed by atoms with Crippen LogP contribution in [-0.2, 0) is 19.9 Å². The Morgan fingerprint density at radius 1 is 1.36 bits per heavy atom. The molecule has 118 valence electrons. The van der Waals surface area contributed by atoms with Crippen LogP contribution in [0.15, 0.2) is 29.3 Å². The van der Waals surface area contributed by atoms with Gasteiger partial charge in [0, 0.05) is 25.0 Å². The van der Waals surface area contributed by atoms with E-state index in [-0.39, 0.29) is 0 Å². The number of rotatable bonds is 5. The van der Waals surface area contributed by atoms with Gasteiger partial charge in [-0.3, -0.25) is 9.67 Å². The van der Waals surface area contributed by atoms with Gasteiger partial charge in [0.25, 0.3) is 0 Å². The second kappa shape index (κ2) is 7.11. The van der Waals surface area contributed by atoms with Gasteiger partial charge in [0.2, 0.25) is 0 Å². The zero-order chi connectivity index (χ0) is 16.1. The highest BCUT2D eigenvalue weighted by atomic mass is 15.3. The SMILES string of the molecule is CCc1cccc(NC(N)=NCCc2c(C)nn(C)c2C)c1. The molecule has 0 aliphatic heterocycles. The fraction of sp³-hybridized carbons (Fsp3) is 0.412. The van der Waals surface area contributed by atoms with E-state index in [2.05, 4.69) is 41.4 Å². The van der Waals surface area contributed by atoms with Crippen molar-refractivity contribution in [1.82, 2.24) is 9.78 Å². The summed E-state index contributed by atoms with van der Waals surface area (Å²) in [7, 11) is 1.96. The molecule has 0 spiro atoms. The van der Waals surface area contributed by atoms with E-state index in [1.165, 1.54) is 16.8 Å². The van der Waals surface area contributed by atoms with Crippen molar-refractivity contribution in [3.63, 3.8) is 0 Å². The van der Waals surface area contributed by atoms with Gasteiger partial charge in [0.05, 0.1) is 5.69 Å². The van der Waals surface area contributed by atoms with Crippen LogP contribution in [0.25, 0.3) is 0 Å². The number of benzene rings is 1. The van der Waals surface area contributed by atoms with Crippen LogP contribution in [0, 0.1) is 13.8 Å². The van der Waals surface area contributed by atoms with Gasteiger partial charge in [-0.15, -0.1) is 0 Å². The van der Waals surface area contributed by atoms with Gasteiger partial charge >= 0.3 is 0 Å². The van der Waals surface area contributed by atoms with Gasteiger partial charge in [-0.25, -0.2) is 0 Å². The van der Waals surface area contributed by atoms with Crippen molar-refractivity contribution in [2.75, 3.05) is 11.9 Å². The Labute approximate surface area is 132 Å². The van der Waals surface area contributed by atoms with Crippen LogP contribution in [0.2, 0.25) is 0 Å². The molecule has 1 heterocycles. The first-order valence-corrected chi connectivity index (χ1v) is 7.66. The first-order valence-electron chi connectivity index (χ1n) is 7.66. The minimum Gasteiger partial charge on any atom is -0.370 e. The molecule has 1 aromatic carbocycles. The first kappa shape index (κ1) is 16.1. The van der Waals surface area contributed by atoms with Crippen molar-refractivity contribution < 1.29 is 0 Å². The van der Waals surface area contributed by atoms with E-state index in [0.717, 1.165) is 24.2 Å². The molecule has 0 aliphatic rings. The Bertz CT molecular complexity index is 670. The van der Waals surface area contributed by atoms with Crippen molar-refractivity contribution in [2.45, 2.75) is 33.6 Å². The van der Waals surface area contributed by atoms with Crippen LogP contribution in [0.5, 0.6) is 0 Å². The number of nitrogens with two attached hydrogens (primary N) is 1. The summed E-state index contributed by atoms with van der Waals surface area (Å²) in [6, 6.07) is 8.22. The molecule has 3 N–H and O–H groups in total. The molecule has 0 saturated carbocycles. The van der Waals surface area contributed by atoms with E-state index in [4.69, 9.17) is 5.73 Å². The van der Waals surface area contributed by atoms with Crippen molar-refractivity contribution >= 4 is 11.6 Å². The topological polar surface area (TPSA) is 68.2 Å². The molecule has 0 fully saturated rings. The van der Waals surface area contributed by atoms with E-state index in [9.17, 15) is 0 Å². The molecule has 0 atom stereocenters. The van der Waals surface area contributed by atoms with E-state index < -0.39 is 0 Å². The van der Waals surface area contributed by atoms with Gasteiger partial charge in [-0.1, -0.05) is 19.1 Å². The van der Waals surface area contributed by atoms with Gasteiger partial charge in [0.1, 0.15) is 0 Å². The number of anilines is 1. The van der Waals surface area contributed by atoms with Crippen molar-refractivity contribution in [1.29, 1.82) is 0 Å². The first-order chi connectivity index (χ1) is 10.5. The zero-order valence-electron chi connectivity index (χ0n) is 13.8. The lowest BCUT2D eigenvalue weighted by Crippen LogP contribution is -2.23. The number of hydrogen-bond acceptors (Lipinski definition) is 2. The quantitative estimate of drug-likeness (QED) is 0.658. The predicted molar refractivity (Wildman–Crippen MR) is 92.3 cm³/mol. The van der Waals surface area contributed by atoms with Crippen LogP contribution in [0.3, 0.4) is 0 Å². The van der Waals surface area contributed by atoms with E-state index in [1.54, 1.807) is 0 Å². The molecule has 0 unspecified atom stereocenters. The fourth-order valence-electron chi connectivity index (χ4n) is 2.52. The third-order valence-corrected chi connectivity index (χ3v) is 3.91. The molecule has 0 aliphatic carbocycles. The summed E-state index contributed by atoms with van der Waals surface area (Å²) in [5.41, 5.74) is 11.7. The van der Waals surface area contributed by atoms with Gasteiger partial charge < -0.3 is 11.1 Å². The summed E-state index contributed by atoms with van der Waals surface area (Å²) >= 11 is 0. The molecule has 0 radical (unpaired) electrons. The monoisotopic (exact) mass is 299 g/mol. The van der Waals surface area contributed by atoms with Gasteiger partial charge in [-0.05, 0) is 49.9 Å². The molecule has 22 heavy (non-hydrogen) atoms. The lowest BCUT2D eigenvalue weighted by atomic mass is 10.1. The summed E-state index contributed by atoms with van der Waals surface area (Å²) in [6.45, 7) is 6.90. The number of hydrogen-bond donors (Lipinski definition) is 2. The maximum Gasteiger partial charge on any atom is 0.193 e. The minimum absolute atomic E-state index is 0.451. The average molecular weight is 299 g/mol. The van der Waals surface area contributed by atoms with Crippen LogP contribution in [0.1, 0.15) is 29.4 Å². The Morgan fingerprint density at radius 3 is 2.77 bits per heavy atom. The van der Waals surface area contributed by atoms with Crippen LogP contribution >= 0.6 is 0 Å². The summed E-state index contributed by atoms with van der Waals surface area (Å²) in [5.74, 6) is 0.451. The zero-order valence-corrected chi connectivity index (χ0v) is 13.8. The Balaban J connectivity index is 1.95. The molecule has 0 bridgehead atoms. The van der Waals surface area contributed by atoms with Gasteiger partial charge in [0.15, 0.2) is 5.96 Å². The number of aryl methyl sites for hydroxylation is 3. The summed E-state index contributed by atoms with van der Waals surface area (Å²) in [6.07, 6.45) is 1.86. The minimum atomic E-state index is 0.451. The predicted octanol–water partition coefficient (Wildman–Crippen LogP) is 2.57. The molecule has 0 saturated heterocycles. The van der Waals surface area contributed by atoms with Crippen LogP contribution < -0.4 is 11.1 Å². The normalized spacial score (nSPS) is 11.7. The standard InChI is InChI=1S/C17H25N5/c1-5-14-7-6-8-15(11-14)20-17(18)19-10-9-16-12(2)21-22(4)13(16)3/h6-8,11H,5,9-10H2,1-4H3,(H3,18,19,20). The largest absolute Gasteiger partial charge is 0.370 e.